The Bertz CT molecular complexity index is 968. The van der Waals surface area contributed by atoms with Crippen molar-refractivity contribution < 1.29 is 33.5 Å². The molecule has 0 aliphatic carbocycles. The highest BCUT2D eigenvalue weighted by Gasteiger charge is 2.30. The molecule has 1 aromatic carbocycles. The molecule has 0 fully saturated rings. The van der Waals surface area contributed by atoms with Gasteiger partial charge in [0.2, 0.25) is 0 Å². The zero-order chi connectivity index (χ0) is 21.2. The van der Waals surface area contributed by atoms with Crippen LogP contribution in [0.3, 0.4) is 0 Å². The lowest BCUT2D eigenvalue weighted by Gasteiger charge is -2.20. The quantitative estimate of drug-likeness (QED) is 0.336. The summed E-state index contributed by atoms with van der Waals surface area (Å²) in [6.45, 7) is 5.89. The summed E-state index contributed by atoms with van der Waals surface area (Å²) in [6, 6.07) is 3.95. The van der Waals surface area contributed by atoms with Crippen LogP contribution in [0.25, 0.3) is 10.9 Å². The molecular formula is C18H20N2O8. The number of non-ortho nitro benzene ring substituents is 1. The van der Waals surface area contributed by atoms with Gasteiger partial charge in [-0.25, -0.2) is 14.2 Å². The number of esters is 2. The van der Waals surface area contributed by atoms with E-state index in [1.165, 1.54) is 25.1 Å². The molecule has 2 aromatic rings. The molecule has 0 atom stereocenters. The first-order valence-corrected chi connectivity index (χ1v) is 8.22. The SMILES string of the molecule is COC(=O)c1cc2cc(COC(C)=O)cc([N+](=O)[O-])c2n1C(=O)OC(C)(C)C. The third-order valence-electron chi connectivity index (χ3n) is 3.55. The highest BCUT2D eigenvalue weighted by Crippen LogP contribution is 2.32. The monoisotopic (exact) mass is 392 g/mol. The fourth-order valence-corrected chi connectivity index (χ4v) is 2.55. The number of ether oxygens (including phenoxy) is 3. The van der Waals surface area contributed by atoms with Crippen LogP contribution in [0, 0.1) is 10.1 Å². The van der Waals surface area contributed by atoms with E-state index < -0.39 is 34.2 Å². The van der Waals surface area contributed by atoms with Crippen molar-refractivity contribution in [3.63, 3.8) is 0 Å². The summed E-state index contributed by atoms with van der Waals surface area (Å²) in [5.74, 6) is -1.41. The molecule has 0 saturated carbocycles. The van der Waals surface area contributed by atoms with Crippen molar-refractivity contribution >= 4 is 34.6 Å². The smallest absolute Gasteiger partial charge is 0.419 e. The van der Waals surface area contributed by atoms with E-state index in [1.807, 2.05) is 0 Å². The molecule has 28 heavy (non-hydrogen) atoms. The molecule has 0 N–H and O–H groups in total. The predicted molar refractivity (Wildman–Crippen MR) is 97.0 cm³/mol. The van der Waals surface area contributed by atoms with Gasteiger partial charge in [0.15, 0.2) is 0 Å². The summed E-state index contributed by atoms with van der Waals surface area (Å²) in [7, 11) is 1.12. The lowest BCUT2D eigenvalue weighted by Crippen LogP contribution is -2.29. The van der Waals surface area contributed by atoms with E-state index in [2.05, 4.69) is 4.74 Å². The van der Waals surface area contributed by atoms with Gasteiger partial charge in [0, 0.05) is 18.4 Å². The Morgan fingerprint density at radius 1 is 1.18 bits per heavy atom. The van der Waals surface area contributed by atoms with Gasteiger partial charge in [-0.1, -0.05) is 0 Å². The van der Waals surface area contributed by atoms with Crippen LogP contribution in [0.4, 0.5) is 10.5 Å². The number of carbonyl (C=O) groups excluding carboxylic acids is 3. The molecule has 0 spiro atoms. The van der Waals surface area contributed by atoms with Crippen molar-refractivity contribution in [2.75, 3.05) is 7.11 Å². The summed E-state index contributed by atoms with van der Waals surface area (Å²) in [5, 5.41) is 11.9. The number of nitro benzene ring substituents is 1. The molecule has 0 amide bonds. The van der Waals surface area contributed by atoms with Gasteiger partial charge < -0.3 is 14.2 Å². The average Bonchev–Trinajstić information content (AvgIpc) is 2.96. The Labute approximate surface area is 160 Å². The van der Waals surface area contributed by atoms with Crippen LogP contribution in [0.5, 0.6) is 0 Å². The third-order valence-corrected chi connectivity index (χ3v) is 3.55. The van der Waals surface area contributed by atoms with Crippen LogP contribution in [-0.2, 0) is 25.6 Å². The predicted octanol–water partition coefficient (Wildman–Crippen LogP) is 3.18. The minimum atomic E-state index is -0.960. The number of nitrogens with zero attached hydrogens (tertiary/aromatic N) is 2. The fourth-order valence-electron chi connectivity index (χ4n) is 2.55. The second kappa shape index (κ2) is 7.67. The molecule has 0 radical (unpaired) electrons. The standard InChI is InChI=1S/C18H20N2O8/c1-10(21)27-9-11-6-12-8-14(16(22)26-5)19(17(23)28-18(2,3)4)15(12)13(7-11)20(24)25/h6-8H,9H2,1-5H3. The van der Waals surface area contributed by atoms with Crippen molar-refractivity contribution in [2.24, 2.45) is 0 Å². The van der Waals surface area contributed by atoms with Gasteiger partial charge in [0.1, 0.15) is 23.4 Å². The molecule has 10 nitrogen and oxygen atoms in total. The zero-order valence-electron chi connectivity index (χ0n) is 16.1. The van der Waals surface area contributed by atoms with Crippen molar-refractivity contribution in [3.05, 3.63) is 39.6 Å². The number of benzene rings is 1. The van der Waals surface area contributed by atoms with Crippen LogP contribution < -0.4 is 0 Å². The topological polar surface area (TPSA) is 127 Å². The summed E-state index contributed by atoms with van der Waals surface area (Å²) >= 11 is 0. The van der Waals surface area contributed by atoms with E-state index in [-0.39, 0.29) is 23.2 Å². The van der Waals surface area contributed by atoms with E-state index in [4.69, 9.17) is 9.47 Å². The Kier molecular flexibility index (Phi) is 5.72. The maximum atomic E-state index is 12.7. The minimum absolute atomic E-state index is 0.119. The largest absolute Gasteiger partial charge is 0.464 e. The Morgan fingerprint density at radius 2 is 1.82 bits per heavy atom. The van der Waals surface area contributed by atoms with Gasteiger partial charge in [-0.2, -0.15) is 0 Å². The lowest BCUT2D eigenvalue weighted by molar-refractivity contribution is -0.383. The molecular weight excluding hydrogens is 372 g/mol. The van der Waals surface area contributed by atoms with E-state index in [0.29, 0.717) is 5.56 Å². The second-order valence-electron chi connectivity index (χ2n) is 6.93. The first kappa shape index (κ1) is 20.9. The second-order valence-corrected chi connectivity index (χ2v) is 6.93. The molecule has 2 rings (SSSR count). The zero-order valence-corrected chi connectivity index (χ0v) is 16.1. The molecule has 0 saturated heterocycles. The van der Waals surface area contributed by atoms with Crippen molar-refractivity contribution in [1.29, 1.82) is 0 Å². The van der Waals surface area contributed by atoms with Crippen molar-refractivity contribution in [2.45, 2.75) is 39.9 Å². The normalized spacial score (nSPS) is 11.2. The number of rotatable bonds is 4. The van der Waals surface area contributed by atoms with Gasteiger partial charge in [0.05, 0.1) is 12.0 Å². The van der Waals surface area contributed by atoms with Crippen LogP contribution in [0.15, 0.2) is 18.2 Å². The van der Waals surface area contributed by atoms with Crippen molar-refractivity contribution in [1.82, 2.24) is 4.57 Å². The molecule has 0 aliphatic rings. The molecule has 0 aliphatic heterocycles. The Hall–Kier alpha value is -3.43. The minimum Gasteiger partial charge on any atom is -0.464 e. The molecule has 150 valence electrons. The maximum absolute atomic E-state index is 12.7. The number of carbonyl (C=O) groups is 3. The van der Waals surface area contributed by atoms with Gasteiger partial charge in [-0.05, 0) is 38.5 Å². The first-order chi connectivity index (χ1) is 12.9. The summed E-state index contributed by atoms with van der Waals surface area (Å²) < 4.78 is 15.7. The van der Waals surface area contributed by atoms with E-state index in [9.17, 15) is 24.5 Å². The molecule has 1 aromatic heterocycles. The number of methoxy groups -OCH3 is 1. The van der Waals surface area contributed by atoms with Crippen LogP contribution in [0.2, 0.25) is 0 Å². The highest BCUT2D eigenvalue weighted by atomic mass is 16.6. The molecule has 1 heterocycles. The molecule has 0 unspecified atom stereocenters. The summed E-state index contributed by atoms with van der Waals surface area (Å²) in [4.78, 5) is 46.8. The van der Waals surface area contributed by atoms with E-state index >= 15 is 0 Å². The fraction of sp³-hybridized carbons (Fsp3) is 0.389. The summed E-state index contributed by atoms with van der Waals surface area (Å²) in [5.41, 5.74) is -1.36. The van der Waals surface area contributed by atoms with Gasteiger partial charge in [-0.3, -0.25) is 14.9 Å². The van der Waals surface area contributed by atoms with Crippen LogP contribution >= 0.6 is 0 Å². The van der Waals surface area contributed by atoms with Gasteiger partial charge in [-0.15, -0.1) is 0 Å². The first-order valence-electron chi connectivity index (χ1n) is 8.22. The highest BCUT2D eigenvalue weighted by molar-refractivity contribution is 6.04. The van der Waals surface area contributed by atoms with Gasteiger partial charge >= 0.3 is 18.0 Å². The van der Waals surface area contributed by atoms with Crippen molar-refractivity contribution in [3.8, 4) is 0 Å². The van der Waals surface area contributed by atoms with E-state index in [0.717, 1.165) is 11.7 Å². The Morgan fingerprint density at radius 3 is 2.32 bits per heavy atom. The average molecular weight is 392 g/mol. The molecule has 10 heteroatoms. The summed E-state index contributed by atoms with van der Waals surface area (Å²) in [6.07, 6.45) is -0.960. The number of aromatic nitrogens is 1. The number of fused-ring (bicyclic) bond motifs is 1. The lowest BCUT2D eigenvalue weighted by atomic mass is 10.1. The third kappa shape index (κ3) is 4.45. The number of nitro groups is 1. The molecule has 0 bridgehead atoms. The maximum Gasteiger partial charge on any atom is 0.419 e. The Balaban J connectivity index is 2.77. The van der Waals surface area contributed by atoms with Crippen LogP contribution in [0.1, 0.15) is 43.7 Å². The van der Waals surface area contributed by atoms with Gasteiger partial charge in [0.25, 0.3) is 5.69 Å². The number of hydrogen-bond acceptors (Lipinski definition) is 8. The number of hydrogen-bond donors (Lipinski definition) is 0. The van der Waals surface area contributed by atoms with Crippen LogP contribution in [-0.4, -0.2) is 40.2 Å². The van der Waals surface area contributed by atoms with E-state index in [1.54, 1.807) is 20.8 Å².